The van der Waals surface area contributed by atoms with Gasteiger partial charge in [0.25, 0.3) is 0 Å². The lowest BCUT2D eigenvalue weighted by atomic mass is 10.1. The van der Waals surface area contributed by atoms with Crippen LogP contribution in [0.2, 0.25) is 0 Å². The van der Waals surface area contributed by atoms with Crippen LogP contribution < -0.4 is 0 Å². The average Bonchev–Trinajstić information content (AvgIpc) is 2.96. The molecule has 0 N–H and O–H groups in total. The first-order valence-corrected chi connectivity index (χ1v) is 6.36. The van der Waals surface area contributed by atoms with Crippen molar-refractivity contribution in [1.29, 1.82) is 0 Å². The summed E-state index contributed by atoms with van der Waals surface area (Å²) in [5, 5.41) is 4.45. The molecule has 15 heavy (non-hydrogen) atoms. The minimum Gasteiger partial charge on any atom is -0.269 e. The molecule has 2 rings (SSSR count). The largest absolute Gasteiger partial charge is 0.269 e. The molecule has 0 bridgehead atoms. The molecule has 1 saturated carbocycles. The molecule has 84 valence electrons. The van der Waals surface area contributed by atoms with Crippen LogP contribution in [-0.2, 0) is 12.4 Å². The molecule has 1 heterocycles. The lowest BCUT2D eigenvalue weighted by Gasteiger charge is -2.09. The zero-order valence-electron chi connectivity index (χ0n) is 9.54. The number of halogens is 1. The number of rotatable bonds is 5. The molecule has 0 unspecified atom stereocenters. The lowest BCUT2D eigenvalue weighted by Crippen LogP contribution is -2.07. The van der Waals surface area contributed by atoms with Crippen LogP contribution in [-0.4, -0.2) is 9.78 Å². The van der Waals surface area contributed by atoms with E-state index >= 15 is 0 Å². The Morgan fingerprint density at radius 3 is 2.80 bits per heavy atom. The molecule has 0 radical (unpaired) electrons. The maximum absolute atomic E-state index is 5.93. The molecule has 1 aromatic heterocycles. The zero-order chi connectivity index (χ0) is 10.8. The van der Waals surface area contributed by atoms with Crippen molar-refractivity contribution in [2.75, 3.05) is 0 Å². The van der Waals surface area contributed by atoms with Gasteiger partial charge in [-0.2, -0.15) is 5.10 Å². The summed E-state index contributed by atoms with van der Waals surface area (Å²) in [5.74, 6) is 2.09. The Balaban J connectivity index is 2.11. The minimum atomic E-state index is 0.605. The third-order valence-electron chi connectivity index (χ3n) is 2.99. The van der Waals surface area contributed by atoms with Crippen LogP contribution >= 0.6 is 11.6 Å². The minimum absolute atomic E-state index is 0.605. The molecule has 0 aromatic carbocycles. The normalized spacial score (nSPS) is 16.3. The first kappa shape index (κ1) is 11.0. The van der Waals surface area contributed by atoms with Gasteiger partial charge >= 0.3 is 0 Å². The first-order valence-electron chi connectivity index (χ1n) is 5.83. The van der Waals surface area contributed by atoms with E-state index in [0.717, 1.165) is 18.4 Å². The van der Waals surface area contributed by atoms with E-state index < -0.39 is 0 Å². The Labute approximate surface area is 96.6 Å². The van der Waals surface area contributed by atoms with E-state index in [1.807, 2.05) is 6.20 Å². The lowest BCUT2D eigenvalue weighted by molar-refractivity contribution is 0.475. The fourth-order valence-corrected chi connectivity index (χ4v) is 2.13. The smallest absolute Gasteiger partial charge is 0.0536 e. The molecule has 0 aliphatic heterocycles. The second-order valence-electron chi connectivity index (χ2n) is 4.87. The van der Waals surface area contributed by atoms with Gasteiger partial charge in [-0.05, 0) is 25.2 Å². The highest BCUT2D eigenvalue weighted by molar-refractivity contribution is 6.17. The molecule has 1 fully saturated rings. The summed E-state index contributed by atoms with van der Waals surface area (Å²) in [6, 6.07) is 0. The summed E-state index contributed by atoms with van der Waals surface area (Å²) in [6.45, 7) is 5.55. The Morgan fingerprint density at radius 1 is 1.53 bits per heavy atom. The van der Waals surface area contributed by atoms with Gasteiger partial charge in [0, 0.05) is 23.7 Å². The van der Waals surface area contributed by atoms with Crippen molar-refractivity contribution in [1.82, 2.24) is 9.78 Å². The quantitative estimate of drug-likeness (QED) is 0.703. The predicted octanol–water partition coefficient (Wildman–Crippen LogP) is 3.55. The van der Waals surface area contributed by atoms with Crippen molar-refractivity contribution in [3.8, 4) is 0 Å². The summed E-state index contributed by atoms with van der Waals surface area (Å²) in [5.41, 5.74) is 2.65. The molecule has 1 aliphatic rings. The Kier molecular flexibility index (Phi) is 3.35. The van der Waals surface area contributed by atoms with Crippen molar-refractivity contribution in [3.63, 3.8) is 0 Å². The second-order valence-corrected chi connectivity index (χ2v) is 5.14. The van der Waals surface area contributed by atoms with Crippen LogP contribution in [0.15, 0.2) is 6.20 Å². The monoisotopic (exact) mass is 226 g/mol. The van der Waals surface area contributed by atoms with Crippen LogP contribution in [0, 0.1) is 5.92 Å². The number of hydrogen-bond donors (Lipinski definition) is 0. The third-order valence-corrected chi connectivity index (χ3v) is 3.27. The number of hydrogen-bond acceptors (Lipinski definition) is 1. The van der Waals surface area contributed by atoms with Crippen molar-refractivity contribution in [2.45, 2.75) is 51.5 Å². The van der Waals surface area contributed by atoms with E-state index in [4.69, 9.17) is 11.6 Å². The standard InChI is InChI=1S/C12H19ClN2/c1-9(2)5-6-15-12(10-3-4-10)11(7-13)8-14-15/h8-10H,3-7H2,1-2H3. The van der Waals surface area contributed by atoms with Gasteiger partial charge in [-0.3, -0.25) is 4.68 Å². The van der Waals surface area contributed by atoms with Crippen LogP contribution in [0.3, 0.4) is 0 Å². The van der Waals surface area contributed by atoms with Gasteiger partial charge in [0.05, 0.1) is 12.1 Å². The summed E-state index contributed by atoms with van der Waals surface area (Å²) >= 11 is 5.93. The number of alkyl halides is 1. The van der Waals surface area contributed by atoms with E-state index in [1.54, 1.807) is 0 Å². The third kappa shape index (κ3) is 2.54. The molecule has 0 saturated heterocycles. The second kappa shape index (κ2) is 4.56. The van der Waals surface area contributed by atoms with Gasteiger partial charge in [-0.25, -0.2) is 0 Å². The van der Waals surface area contributed by atoms with E-state index in [9.17, 15) is 0 Å². The average molecular weight is 227 g/mol. The molecular formula is C12H19ClN2. The van der Waals surface area contributed by atoms with Crippen LogP contribution in [0.4, 0.5) is 0 Å². The van der Waals surface area contributed by atoms with Crippen LogP contribution in [0.25, 0.3) is 0 Å². The molecule has 3 heteroatoms. The highest BCUT2D eigenvalue weighted by Crippen LogP contribution is 2.42. The van der Waals surface area contributed by atoms with E-state index in [1.165, 1.54) is 30.5 Å². The Morgan fingerprint density at radius 2 is 2.27 bits per heavy atom. The summed E-state index contributed by atoms with van der Waals surface area (Å²) < 4.78 is 2.18. The number of aromatic nitrogens is 2. The van der Waals surface area contributed by atoms with E-state index in [-0.39, 0.29) is 0 Å². The molecule has 0 spiro atoms. The molecule has 0 atom stereocenters. The molecule has 2 nitrogen and oxygen atoms in total. The highest BCUT2D eigenvalue weighted by atomic mass is 35.5. The molecular weight excluding hydrogens is 208 g/mol. The van der Waals surface area contributed by atoms with Crippen molar-refractivity contribution >= 4 is 11.6 Å². The van der Waals surface area contributed by atoms with E-state index in [0.29, 0.717) is 5.88 Å². The van der Waals surface area contributed by atoms with E-state index in [2.05, 4.69) is 23.6 Å². The van der Waals surface area contributed by atoms with Gasteiger partial charge in [-0.15, -0.1) is 11.6 Å². The molecule has 1 aromatic rings. The number of nitrogens with zero attached hydrogens (tertiary/aromatic N) is 2. The van der Waals surface area contributed by atoms with Crippen molar-refractivity contribution in [3.05, 3.63) is 17.5 Å². The zero-order valence-corrected chi connectivity index (χ0v) is 10.3. The predicted molar refractivity (Wildman–Crippen MR) is 63.2 cm³/mol. The fraction of sp³-hybridized carbons (Fsp3) is 0.750. The highest BCUT2D eigenvalue weighted by Gasteiger charge is 2.29. The van der Waals surface area contributed by atoms with Gasteiger partial charge in [0.1, 0.15) is 0 Å². The fourth-order valence-electron chi connectivity index (χ4n) is 1.92. The van der Waals surface area contributed by atoms with Gasteiger partial charge in [0.15, 0.2) is 0 Å². The first-order chi connectivity index (χ1) is 7.22. The van der Waals surface area contributed by atoms with Crippen molar-refractivity contribution in [2.24, 2.45) is 5.92 Å². The maximum atomic E-state index is 5.93. The molecule has 1 aliphatic carbocycles. The summed E-state index contributed by atoms with van der Waals surface area (Å²) in [4.78, 5) is 0. The SMILES string of the molecule is CC(C)CCn1ncc(CCl)c1C1CC1. The van der Waals surface area contributed by atoms with Crippen LogP contribution in [0.5, 0.6) is 0 Å². The van der Waals surface area contributed by atoms with Gasteiger partial charge in [-0.1, -0.05) is 13.8 Å². The Bertz CT molecular complexity index is 326. The maximum Gasteiger partial charge on any atom is 0.0536 e. The van der Waals surface area contributed by atoms with Gasteiger partial charge in [0.2, 0.25) is 0 Å². The van der Waals surface area contributed by atoms with Gasteiger partial charge < -0.3 is 0 Å². The summed E-state index contributed by atoms with van der Waals surface area (Å²) in [6.07, 6.45) is 5.78. The topological polar surface area (TPSA) is 17.8 Å². The van der Waals surface area contributed by atoms with Crippen molar-refractivity contribution < 1.29 is 0 Å². The number of aryl methyl sites for hydroxylation is 1. The molecule has 0 amide bonds. The van der Waals surface area contributed by atoms with Crippen LogP contribution in [0.1, 0.15) is 50.3 Å². The Hall–Kier alpha value is -0.500. The summed E-state index contributed by atoms with van der Waals surface area (Å²) in [7, 11) is 0.